The van der Waals surface area contributed by atoms with E-state index in [1.54, 1.807) is 11.3 Å². The van der Waals surface area contributed by atoms with Gasteiger partial charge in [-0.25, -0.2) is 4.98 Å². The van der Waals surface area contributed by atoms with E-state index >= 15 is 0 Å². The number of hydrogen-bond donors (Lipinski definition) is 1. The number of fused-ring (bicyclic) bond motifs is 1. The van der Waals surface area contributed by atoms with Gasteiger partial charge < -0.3 is 9.67 Å². The first kappa shape index (κ1) is 12.9. The van der Waals surface area contributed by atoms with Crippen LogP contribution in [0.4, 0.5) is 0 Å². The van der Waals surface area contributed by atoms with E-state index in [2.05, 4.69) is 42.6 Å². The third kappa shape index (κ3) is 2.35. The van der Waals surface area contributed by atoms with Gasteiger partial charge in [-0.05, 0) is 31.2 Å². The number of thiazole rings is 1. The lowest BCUT2D eigenvalue weighted by atomic mass is 9.75. The zero-order chi connectivity index (χ0) is 13.6. The molecule has 4 heteroatoms. The van der Waals surface area contributed by atoms with Gasteiger partial charge >= 0.3 is 0 Å². The highest BCUT2D eigenvalue weighted by Crippen LogP contribution is 2.41. The molecular weight excluding hydrogens is 256 g/mol. The van der Waals surface area contributed by atoms with E-state index in [0.29, 0.717) is 0 Å². The average molecular weight is 276 g/mol. The Balaban J connectivity index is 1.95. The van der Waals surface area contributed by atoms with Gasteiger partial charge in [0.1, 0.15) is 0 Å². The molecule has 3 nitrogen and oxygen atoms in total. The summed E-state index contributed by atoms with van der Waals surface area (Å²) in [7, 11) is 0. The molecule has 1 N–H and O–H groups in total. The second-order valence-electron chi connectivity index (χ2n) is 6.27. The minimum absolute atomic E-state index is 0.172. The van der Waals surface area contributed by atoms with Crippen LogP contribution in [0.25, 0.3) is 0 Å². The molecule has 0 amide bonds. The van der Waals surface area contributed by atoms with Crippen molar-refractivity contribution in [2.75, 3.05) is 0 Å². The molecule has 1 atom stereocenters. The van der Waals surface area contributed by atoms with Crippen LogP contribution < -0.4 is 0 Å². The second kappa shape index (κ2) is 4.46. The van der Waals surface area contributed by atoms with Crippen LogP contribution in [0.1, 0.15) is 48.2 Å². The summed E-state index contributed by atoms with van der Waals surface area (Å²) < 4.78 is 2.28. The number of hydrogen-bond acceptors (Lipinski definition) is 3. The van der Waals surface area contributed by atoms with Gasteiger partial charge in [-0.3, -0.25) is 0 Å². The molecule has 1 aliphatic carbocycles. The van der Waals surface area contributed by atoms with Crippen LogP contribution >= 0.6 is 11.3 Å². The lowest BCUT2D eigenvalue weighted by Gasteiger charge is -2.33. The van der Waals surface area contributed by atoms with Crippen molar-refractivity contribution < 1.29 is 5.11 Å². The quantitative estimate of drug-likeness (QED) is 0.914. The summed E-state index contributed by atoms with van der Waals surface area (Å²) >= 11 is 1.70. The predicted molar refractivity (Wildman–Crippen MR) is 77.4 cm³/mol. The molecule has 0 radical (unpaired) electrons. The van der Waals surface area contributed by atoms with E-state index in [-0.39, 0.29) is 11.5 Å². The Hall–Kier alpha value is -1.13. The fourth-order valence-electron chi connectivity index (χ4n) is 2.97. The second-order valence-corrected chi connectivity index (χ2v) is 7.21. The molecule has 3 rings (SSSR count). The molecule has 0 aromatic carbocycles. The highest BCUT2D eigenvalue weighted by Gasteiger charge is 2.33. The maximum atomic E-state index is 10.3. The molecule has 2 heterocycles. The van der Waals surface area contributed by atoms with E-state index in [0.717, 1.165) is 30.6 Å². The van der Waals surface area contributed by atoms with Gasteiger partial charge in [0, 0.05) is 22.3 Å². The predicted octanol–water partition coefficient (Wildman–Crippen LogP) is 3.31. The first-order valence-corrected chi connectivity index (χ1v) is 7.59. The van der Waals surface area contributed by atoms with Crippen molar-refractivity contribution in [2.24, 2.45) is 5.41 Å². The van der Waals surface area contributed by atoms with Crippen LogP contribution in [0.2, 0.25) is 0 Å². The normalized spacial score (nSPS) is 21.4. The molecule has 2 aromatic rings. The highest BCUT2D eigenvalue weighted by molar-refractivity contribution is 7.09. The smallest absolute Gasteiger partial charge is 0.0812 e. The number of rotatable bonds is 2. The van der Waals surface area contributed by atoms with E-state index in [1.165, 1.54) is 10.6 Å². The summed E-state index contributed by atoms with van der Waals surface area (Å²) in [5.41, 5.74) is 5.59. The molecule has 1 aliphatic rings. The van der Waals surface area contributed by atoms with Crippen LogP contribution in [0, 0.1) is 12.3 Å². The number of aromatic nitrogens is 2. The van der Waals surface area contributed by atoms with Crippen molar-refractivity contribution in [2.45, 2.75) is 46.3 Å². The van der Waals surface area contributed by atoms with E-state index in [9.17, 15) is 5.11 Å². The van der Waals surface area contributed by atoms with Crippen molar-refractivity contribution in [3.8, 4) is 0 Å². The molecule has 0 aliphatic heterocycles. The fraction of sp³-hybridized carbons (Fsp3) is 0.533. The maximum absolute atomic E-state index is 10.3. The van der Waals surface area contributed by atoms with Crippen molar-refractivity contribution in [1.82, 2.24) is 9.55 Å². The molecule has 1 unspecified atom stereocenters. The van der Waals surface area contributed by atoms with E-state index < -0.39 is 0 Å². The average Bonchev–Trinajstić information content (AvgIpc) is 2.87. The zero-order valence-electron chi connectivity index (χ0n) is 11.7. The van der Waals surface area contributed by atoms with Crippen molar-refractivity contribution in [3.63, 3.8) is 0 Å². The number of aliphatic hydroxyl groups is 1. The molecule has 0 spiro atoms. The van der Waals surface area contributed by atoms with Gasteiger partial charge in [0.25, 0.3) is 0 Å². The van der Waals surface area contributed by atoms with E-state index in [4.69, 9.17) is 0 Å². The largest absolute Gasteiger partial charge is 0.388 e. The molecule has 102 valence electrons. The Morgan fingerprint density at radius 1 is 1.53 bits per heavy atom. The first-order valence-electron chi connectivity index (χ1n) is 6.71. The van der Waals surface area contributed by atoms with Gasteiger partial charge in [0.05, 0.1) is 23.9 Å². The van der Waals surface area contributed by atoms with Crippen LogP contribution in [0.15, 0.2) is 17.8 Å². The van der Waals surface area contributed by atoms with Crippen LogP contribution in [-0.4, -0.2) is 14.7 Å². The first-order chi connectivity index (χ1) is 8.96. The SMILES string of the molecule is Cc1ncsc1Cn1ccc2c1CC(C)(C)CC2O. The van der Waals surface area contributed by atoms with Gasteiger partial charge in [0.15, 0.2) is 0 Å². The summed E-state index contributed by atoms with van der Waals surface area (Å²) in [5.74, 6) is 0. The molecule has 0 saturated heterocycles. The molecule has 2 aromatic heterocycles. The third-order valence-electron chi connectivity index (χ3n) is 4.02. The Kier molecular flexibility index (Phi) is 3.02. The summed E-state index contributed by atoms with van der Waals surface area (Å²) in [6.07, 6.45) is 3.67. The maximum Gasteiger partial charge on any atom is 0.0812 e. The lowest BCUT2D eigenvalue weighted by molar-refractivity contribution is 0.0981. The molecule has 0 saturated carbocycles. The monoisotopic (exact) mass is 276 g/mol. The van der Waals surface area contributed by atoms with Crippen molar-refractivity contribution in [1.29, 1.82) is 0 Å². The van der Waals surface area contributed by atoms with Crippen LogP contribution in [0.3, 0.4) is 0 Å². The number of aliphatic hydroxyl groups excluding tert-OH is 1. The Bertz CT molecular complexity index is 597. The van der Waals surface area contributed by atoms with Crippen LogP contribution in [0.5, 0.6) is 0 Å². The number of aryl methyl sites for hydroxylation is 1. The van der Waals surface area contributed by atoms with Gasteiger partial charge in [-0.2, -0.15) is 0 Å². The summed E-state index contributed by atoms with van der Waals surface area (Å²) in [6.45, 7) is 7.39. The number of nitrogens with zero attached hydrogens (tertiary/aromatic N) is 2. The van der Waals surface area contributed by atoms with Gasteiger partial charge in [-0.1, -0.05) is 13.8 Å². The molecular formula is C15H20N2OS. The molecule has 0 fully saturated rings. The van der Waals surface area contributed by atoms with Crippen LogP contribution in [-0.2, 0) is 13.0 Å². The topological polar surface area (TPSA) is 38.0 Å². The Morgan fingerprint density at radius 3 is 3.00 bits per heavy atom. The third-order valence-corrected chi connectivity index (χ3v) is 4.94. The van der Waals surface area contributed by atoms with Crippen molar-refractivity contribution in [3.05, 3.63) is 39.6 Å². The van der Waals surface area contributed by atoms with Gasteiger partial charge in [0.2, 0.25) is 0 Å². The summed E-state index contributed by atoms with van der Waals surface area (Å²) in [5, 5.41) is 10.3. The molecule has 19 heavy (non-hydrogen) atoms. The van der Waals surface area contributed by atoms with Gasteiger partial charge in [-0.15, -0.1) is 11.3 Å². The zero-order valence-corrected chi connectivity index (χ0v) is 12.5. The standard InChI is InChI=1S/C15H20N2OS/c1-10-14(19-9-16-10)8-17-5-4-11-12(17)6-15(2,3)7-13(11)18/h4-5,9,13,18H,6-8H2,1-3H3. The minimum atomic E-state index is -0.317. The molecule has 0 bridgehead atoms. The summed E-state index contributed by atoms with van der Waals surface area (Å²) in [6, 6.07) is 2.08. The highest BCUT2D eigenvalue weighted by atomic mass is 32.1. The van der Waals surface area contributed by atoms with Crippen molar-refractivity contribution >= 4 is 11.3 Å². The Labute approximate surface area is 117 Å². The van der Waals surface area contributed by atoms with E-state index in [1.807, 2.05) is 5.51 Å². The summed E-state index contributed by atoms with van der Waals surface area (Å²) in [4.78, 5) is 5.61. The lowest BCUT2D eigenvalue weighted by Crippen LogP contribution is -2.26. The Morgan fingerprint density at radius 2 is 2.32 bits per heavy atom. The fourth-order valence-corrected chi connectivity index (χ4v) is 3.74. The minimum Gasteiger partial charge on any atom is -0.388 e.